The third kappa shape index (κ3) is 5.18. The van der Waals surface area contributed by atoms with Crippen LogP contribution >= 0.6 is 12.4 Å². The zero-order valence-electron chi connectivity index (χ0n) is 18.5. The average Bonchev–Trinajstić information content (AvgIpc) is 3.44. The summed E-state index contributed by atoms with van der Waals surface area (Å²) >= 11 is 0. The fraction of sp³-hybridized carbons (Fsp3) is 0.391. The van der Waals surface area contributed by atoms with Gasteiger partial charge >= 0.3 is 0 Å². The van der Waals surface area contributed by atoms with Crippen molar-refractivity contribution in [3.8, 4) is 23.1 Å². The van der Waals surface area contributed by atoms with E-state index in [9.17, 15) is 0 Å². The molecule has 2 aromatic heterocycles. The van der Waals surface area contributed by atoms with Gasteiger partial charge in [0.05, 0.1) is 25.2 Å². The normalized spacial score (nSPS) is 15.9. The van der Waals surface area contributed by atoms with Crippen LogP contribution in [-0.2, 0) is 6.42 Å². The van der Waals surface area contributed by atoms with Crippen molar-refractivity contribution in [2.24, 2.45) is 0 Å². The Morgan fingerprint density at radius 1 is 1.25 bits per heavy atom. The molecular formula is C23H28ClN7O. The molecule has 32 heavy (non-hydrogen) atoms. The second-order valence-corrected chi connectivity index (χ2v) is 8.06. The van der Waals surface area contributed by atoms with Gasteiger partial charge in [0.1, 0.15) is 17.6 Å². The van der Waals surface area contributed by atoms with E-state index in [1.165, 1.54) is 37.3 Å². The molecule has 1 aromatic carbocycles. The van der Waals surface area contributed by atoms with E-state index in [1.807, 2.05) is 12.1 Å². The van der Waals surface area contributed by atoms with Crippen molar-refractivity contribution in [1.29, 1.82) is 5.26 Å². The van der Waals surface area contributed by atoms with Gasteiger partial charge in [-0.2, -0.15) is 10.4 Å². The first-order chi connectivity index (χ1) is 15.1. The maximum atomic E-state index is 8.83. The summed E-state index contributed by atoms with van der Waals surface area (Å²) in [7, 11) is 1.69. The zero-order chi connectivity index (χ0) is 21.8. The number of likely N-dealkylation sites (tertiary alicyclic amines) is 1. The number of ether oxygens (including phenoxy) is 1. The van der Waals surface area contributed by atoms with E-state index >= 15 is 0 Å². The molecule has 9 heteroatoms. The van der Waals surface area contributed by atoms with E-state index < -0.39 is 0 Å². The number of hydrogen-bond acceptors (Lipinski definition) is 7. The van der Waals surface area contributed by atoms with Crippen LogP contribution in [0.5, 0.6) is 5.75 Å². The van der Waals surface area contributed by atoms with Crippen molar-refractivity contribution in [2.45, 2.75) is 45.2 Å². The maximum Gasteiger partial charge on any atom is 0.158 e. The Kier molecular flexibility index (Phi) is 7.67. The highest BCUT2D eigenvalue weighted by Crippen LogP contribution is 2.32. The second-order valence-electron chi connectivity index (χ2n) is 8.06. The van der Waals surface area contributed by atoms with Crippen molar-refractivity contribution in [2.75, 3.05) is 19.0 Å². The molecule has 3 aromatic rings. The van der Waals surface area contributed by atoms with Crippen LogP contribution in [-0.4, -0.2) is 50.8 Å². The fourth-order valence-electron chi connectivity index (χ4n) is 4.22. The van der Waals surface area contributed by atoms with Crippen LogP contribution in [0, 0.1) is 11.3 Å². The predicted octanol–water partition coefficient (Wildman–Crippen LogP) is 4.33. The zero-order valence-corrected chi connectivity index (χ0v) is 19.3. The molecule has 1 aliphatic rings. The van der Waals surface area contributed by atoms with Gasteiger partial charge in [-0.15, -0.1) is 12.4 Å². The van der Waals surface area contributed by atoms with Gasteiger partial charge in [0.25, 0.3) is 0 Å². The molecule has 2 N–H and O–H groups in total. The minimum absolute atomic E-state index is 0. The highest BCUT2D eigenvalue weighted by molar-refractivity contribution is 5.85. The number of methoxy groups -OCH3 is 1. The molecule has 3 heterocycles. The van der Waals surface area contributed by atoms with Crippen molar-refractivity contribution in [1.82, 2.24) is 25.1 Å². The molecule has 8 nitrogen and oxygen atoms in total. The summed E-state index contributed by atoms with van der Waals surface area (Å²) in [6, 6.07) is 11.4. The van der Waals surface area contributed by atoms with Gasteiger partial charge < -0.3 is 10.1 Å². The van der Waals surface area contributed by atoms with Gasteiger partial charge in [-0.25, -0.2) is 9.97 Å². The number of nitrogens with one attached hydrogen (secondary N) is 2. The number of hydrogen-bond donors (Lipinski definition) is 2. The van der Waals surface area contributed by atoms with Crippen LogP contribution in [0.25, 0.3) is 11.3 Å². The summed E-state index contributed by atoms with van der Waals surface area (Å²) in [5.74, 6) is 1.95. The first kappa shape index (κ1) is 23.5. The van der Waals surface area contributed by atoms with Gasteiger partial charge in [-0.3, -0.25) is 10.00 Å². The van der Waals surface area contributed by atoms with Crippen molar-refractivity contribution < 1.29 is 4.74 Å². The summed E-state index contributed by atoms with van der Waals surface area (Å²) in [5, 5.41) is 19.3. The molecule has 4 rings (SSSR count). The number of anilines is 2. The number of nitriles is 1. The standard InChI is InChI=1S/C23H27N7O.ClH/c1-15(2)30-8-4-5-18(30)9-16-6-7-19(21(10-16)31-3)20-11-22(29-28-20)27-23-14-25-17(12-24)13-26-23;/h6-7,10-11,13-15,18H,4-5,8-9H2,1-3H3,(H2,26,27,28,29);1H/t18-;/m1./s1. The average molecular weight is 454 g/mol. The minimum atomic E-state index is 0. The van der Waals surface area contributed by atoms with E-state index in [2.05, 4.69) is 62.4 Å². The molecule has 0 bridgehead atoms. The van der Waals surface area contributed by atoms with Crippen molar-refractivity contribution >= 4 is 24.0 Å². The number of benzene rings is 1. The summed E-state index contributed by atoms with van der Waals surface area (Å²) in [6.07, 6.45) is 6.47. The minimum Gasteiger partial charge on any atom is -0.496 e. The molecule has 0 aliphatic carbocycles. The fourth-order valence-corrected chi connectivity index (χ4v) is 4.22. The van der Waals surface area contributed by atoms with Gasteiger partial charge in [-0.05, 0) is 57.4 Å². The Hall–Kier alpha value is -3.15. The quantitative estimate of drug-likeness (QED) is 0.548. The molecule has 0 amide bonds. The lowest BCUT2D eigenvalue weighted by molar-refractivity contribution is 0.202. The Labute approximate surface area is 194 Å². The first-order valence-corrected chi connectivity index (χ1v) is 10.5. The summed E-state index contributed by atoms with van der Waals surface area (Å²) in [5.41, 5.74) is 3.35. The van der Waals surface area contributed by atoms with E-state index in [0.29, 0.717) is 23.7 Å². The van der Waals surface area contributed by atoms with E-state index in [0.717, 1.165) is 23.4 Å². The smallest absolute Gasteiger partial charge is 0.158 e. The van der Waals surface area contributed by atoms with Crippen LogP contribution < -0.4 is 10.1 Å². The Bertz CT molecular complexity index is 1070. The molecule has 1 saturated heterocycles. The monoisotopic (exact) mass is 453 g/mol. The van der Waals surface area contributed by atoms with Crippen LogP contribution in [0.1, 0.15) is 37.9 Å². The van der Waals surface area contributed by atoms with Gasteiger partial charge in [0, 0.05) is 23.7 Å². The number of aromatic nitrogens is 4. The Morgan fingerprint density at radius 2 is 2.09 bits per heavy atom. The third-order valence-electron chi connectivity index (χ3n) is 5.71. The molecule has 0 spiro atoms. The predicted molar refractivity (Wildman–Crippen MR) is 126 cm³/mol. The second kappa shape index (κ2) is 10.4. The molecule has 0 radical (unpaired) electrons. The molecule has 0 saturated carbocycles. The first-order valence-electron chi connectivity index (χ1n) is 10.5. The van der Waals surface area contributed by atoms with Crippen LogP contribution in [0.4, 0.5) is 11.6 Å². The van der Waals surface area contributed by atoms with Crippen LogP contribution in [0.15, 0.2) is 36.7 Å². The van der Waals surface area contributed by atoms with Crippen molar-refractivity contribution in [3.63, 3.8) is 0 Å². The lowest BCUT2D eigenvalue weighted by atomic mass is 10.00. The number of aromatic amines is 1. The van der Waals surface area contributed by atoms with Gasteiger partial charge in [-0.1, -0.05) is 6.07 Å². The largest absolute Gasteiger partial charge is 0.496 e. The number of H-pyrrole nitrogens is 1. The highest BCUT2D eigenvalue weighted by atomic mass is 35.5. The topological polar surface area (TPSA) is 103 Å². The lowest BCUT2D eigenvalue weighted by Gasteiger charge is -2.28. The lowest BCUT2D eigenvalue weighted by Crippen LogP contribution is -2.36. The summed E-state index contributed by atoms with van der Waals surface area (Å²) < 4.78 is 5.70. The molecule has 0 unspecified atom stereocenters. The highest BCUT2D eigenvalue weighted by Gasteiger charge is 2.26. The van der Waals surface area contributed by atoms with Gasteiger partial charge in [0.2, 0.25) is 0 Å². The van der Waals surface area contributed by atoms with Crippen LogP contribution in [0.2, 0.25) is 0 Å². The van der Waals surface area contributed by atoms with Crippen LogP contribution in [0.3, 0.4) is 0 Å². The Morgan fingerprint density at radius 3 is 2.78 bits per heavy atom. The summed E-state index contributed by atoms with van der Waals surface area (Å²) in [4.78, 5) is 10.8. The molecule has 168 valence electrons. The molecular weight excluding hydrogens is 426 g/mol. The molecule has 1 aliphatic heterocycles. The van der Waals surface area contributed by atoms with Gasteiger partial charge in [0.15, 0.2) is 11.5 Å². The number of rotatable bonds is 7. The molecule has 1 fully saturated rings. The van der Waals surface area contributed by atoms with E-state index in [1.54, 1.807) is 7.11 Å². The SMILES string of the molecule is COc1cc(C[C@H]2CCCN2C(C)C)ccc1-c1cc(Nc2cnc(C#N)cn2)n[nH]1.Cl. The molecule has 1 atom stereocenters. The maximum absolute atomic E-state index is 8.83. The summed E-state index contributed by atoms with van der Waals surface area (Å²) in [6.45, 7) is 5.73. The Balaban J connectivity index is 0.00000289. The number of halogens is 1. The van der Waals surface area contributed by atoms with E-state index in [4.69, 9.17) is 10.00 Å². The number of nitrogens with zero attached hydrogens (tertiary/aromatic N) is 5. The third-order valence-corrected chi connectivity index (χ3v) is 5.71. The van der Waals surface area contributed by atoms with Crippen molar-refractivity contribution in [3.05, 3.63) is 47.9 Å². The van der Waals surface area contributed by atoms with E-state index in [-0.39, 0.29) is 18.1 Å².